The number of benzene rings is 3. The Balaban J connectivity index is 1.50. The van der Waals surface area contributed by atoms with Gasteiger partial charge in [-0.3, -0.25) is 4.79 Å². The molecule has 1 heterocycles. The van der Waals surface area contributed by atoms with Crippen molar-refractivity contribution in [1.82, 2.24) is 5.32 Å². The number of fused-ring (bicyclic) bond motifs is 1. The largest absolute Gasteiger partial charge is 0.489 e. The maximum absolute atomic E-state index is 13.3. The molecule has 0 saturated carbocycles. The zero-order valence-corrected chi connectivity index (χ0v) is 17.0. The second kappa shape index (κ2) is 8.99. The number of carbonyl (C=O) groups excluding carboxylic acids is 1. The molecular weight excluding hydrogens is 379 g/mol. The highest BCUT2D eigenvalue weighted by atomic mass is 19.1. The summed E-state index contributed by atoms with van der Waals surface area (Å²) in [6, 6.07) is 22.3. The van der Waals surface area contributed by atoms with Crippen LogP contribution in [0.2, 0.25) is 0 Å². The molecule has 0 spiro atoms. The number of rotatable bonds is 6. The molecule has 1 unspecified atom stereocenters. The highest BCUT2D eigenvalue weighted by molar-refractivity contribution is 5.77. The second-order valence-corrected chi connectivity index (χ2v) is 7.66. The Labute approximate surface area is 176 Å². The predicted octanol–water partition coefficient (Wildman–Crippen LogP) is 4.61. The average molecular weight is 404 g/mol. The summed E-state index contributed by atoms with van der Waals surface area (Å²) in [7, 11) is 0. The molecule has 0 radical (unpaired) electrons. The smallest absolute Gasteiger partial charge is 0.222 e. The van der Waals surface area contributed by atoms with Gasteiger partial charge in [-0.2, -0.15) is 0 Å². The first-order valence-corrected chi connectivity index (χ1v) is 10.1. The molecule has 5 heteroatoms. The summed E-state index contributed by atoms with van der Waals surface area (Å²) in [6.45, 7) is 3.53. The lowest BCUT2D eigenvalue weighted by molar-refractivity contribution is -0.121. The van der Waals surface area contributed by atoms with Gasteiger partial charge in [0.25, 0.3) is 0 Å². The van der Waals surface area contributed by atoms with Crippen molar-refractivity contribution in [1.29, 1.82) is 0 Å². The Morgan fingerprint density at radius 3 is 2.60 bits per heavy atom. The fraction of sp³-hybridized carbons (Fsp3) is 0.240. The zero-order valence-electron chi connectivity index (χ0n) is 17.0. The van der Waals surface area contributed by atoms with Crippen LogP contribution in [0.15, 0.2) is 72.8 Å². The lowest BCUT2D eigenvalue weighted by Gasteiger charge is -2.38. The topological polar surface area (TPSA) is 41.6 Å². The van der Waals surface area contributed by atoms with E-state index in [0.29, 0.717) is 26.1 Å². The Bertz CT molecular complexity index is 1010. The van der Waals surface area contributed by atoms with Gasteiger partial charge >= 0.3 is 0 Å². The lowest BCUT2D eigenvalue weighted by Crippen LogP contribution is -2.45. The summed E-state index contributed by atoms with van der Waals surface area (Å²) in [6.07, 6.45) is 0.321. The van der Waals surface area contributed by atoms with Crippen LogP contribution in [0, 0.1) is 12.7 Å². The van der Waals surface area contributed by atoms with Crippen LogP contribution in [0.25, 0.3) is 0 Å². The zero-order chi connectivity index (χ0) is 20.9. The summed E-state index contributed by atoms with van der Waals surface area (Å²) in [5.74, 6) is 0.541. The molecule has 1 N–H and O–H groups in total. The molecule has 4 nitrogen and oxygen atoms in total. The van der Waals surface area contributed by atoms with E-state index < -0.39 is 0 Å². The number of ether oxygens (including phenoxy) is 1. The molecule has 0 aromatic heterocycles. The third kappa shape index (κ3) is 4.79. The molecule has 1 aliphatic heterocycles. The van der Waals surface area contributed by atoms with Crippen LogP contribution in [-0.4, -0.2) is 18.6 Å². The summed E-state index contributed by atoms with van der Waals surface area (Å²) >= 11 is 0. The van der Waals surface area contributed by atoms with Gasteiger partial charge in [-0.25, -0.2) is 4.39 Å². The van der Waals surface area contributed by atoms with Crippen LogP contribution >= 0.6 is 0 Å². The van der Waals surface area contributed by atoms with Crippen LogP contribution < -0.4 is 15.0 Å². The molecule has 1 atom stereocenters. The quantitative estimate of drug-likeness (QED) is 0.652. The molecular formula is C25H25FN2O2. The minimum absolute atomic E-state index is 0.0212. The number of nitrogens with zero attached hydrogens (tertiary/aromatic N) is 1. The molecule has 0 saturated heterocycles. The van der Waals surface area contributed by atoms with Gasteiger partial charge in [0.1, 0.15) is 18.2 Å². The van der Waals surface area contributed by atoms with E-state index in [4.69, 9.17) is 4.74 Å². The van der Waals surface area contributed by atoms with Crippen molar-refractivity contribution in [3.05, 3.63) is 95.3 Å². The van der Waals surface area contributed by atoms with Gasteiger partial charge in [0.2, 0.25) is 5.91 Å². The third-order valence-electron chi connectivity index (χ3n) is 5.32. The fourth-order valence-electron chi connectivity index (χ4n) is 3.70. The number of nitrogens with one attached hydrogen (secondary N) is 1. The molecule has 0 aliphatic carbocycles. The van der Waals surface area contributed by atoms with Gasteiger partial charge < -0.3 is 15.0 Å². The summed E-state index contributed by atoms with van der Waals surface area (Å²) in [4.78, 5) is 14.8. The van der Waals surface area contributed by atoms with Crippen molar-refractivity contribution in [2.75, 3.05) is 11.5 Å². The van der Waals surface area contributed by atoms with Gasteiger partial charge in [0.15, 0.2) is 0 Å². The molecule has 30 heavy (non-hydrogen) atoms. The standard InChI is InChI=1S/C25H25FN2O2/c1-18-7-12-23-24(13-18)30-17-22(28(23)16-20-8-10-21(26)11-9-20)14-25(29)27-15-19-5-3-2-4-6-19/h2-13,22H,14-17H2,1H3,(H,27,29). The maximum Gasteiger partial charge on any atom is 0.222 e. The van der Waals surface area contributed by atoms with Crippen molar-refractivity contribution in [2.24, 2.45) is 0 Å². The van der Waals surface area contributed by atoms with Gasteiger partial charge in [0.05, 0.1) is 18.2 Å². The molecule has 0 bridgehead atoms. The Morgan fingerprint density at radius 2 is 1.83 bits per heavy atom. The van der Waals surface area contributed by atoms with Crippen molar-refractivity contribution in [2.45, 2.75) is 32.5 Å². The van der Waals surface area contributed by atoms with Gasteiger partial charge in [-0.05, 0) is 47.9 Å². The molecule has 4 rings (SSSR count). The van der Waals surface area contributed by atoms with Crippen LogP contribution in [0.5, 0.6) is 5.75 Å². The first-order chi connectivity index (χ1) is 14.6. The van der Waals surface area contributed by atoms with Crippen LogP contribution in [0.3, 0.4) is 0 Å². The fourth-order valence-corrected chi connectivity index (χ4v) is 3.70. The molecule has 154 valence electrons. The molecule has 3 aromatic carbocycles. The summed E-state index contributed by atoms with van der Waals surface area (Å²) < 4.78 is 19.3. The van der Waals surface area contributed by atoms with Crippen molar-refractivity contribution in [3.8, 4) is 5.75 Å². The van der Waals surface area contributed by atoms with Gasteiger partial charge in [-0.1, -0.05) is 48.5 Å². The molecule has 0 fully saturated rings. The Morgan fingerprint density at radius 1 is 1.07 bits per heavy atom. The third-order valence-corrected chi connectivity index (χ3v) is 5.32. The van der Waals surface area contributed by atoms with E-state index in [1.54, 1.807) is 12.1 Å². The van der Waals surface area contributed by atoms with E-state index in [1.807, 2.05) is 55.5 Å². The second-order valence-electron chi connectivity index (χ2n) is 7.66. The number of hydrogen-bond donors (Lipinski definition) is 1. The molecule has 3 aromatic rings. The summed E-state index contributed by atoms with van der Waals surface area (Å²) in [5.41, 5.74) is 4.13. The molecule has 1 aliphatic rings. The van der Waals surface area contributed by atoms with Crippen LogP contribution in [0.1, 0.15) is 23.1 Å². The van der Waals surface area contributed by atoms with E-state index in [2.05, 4.69) is 10.2 Å². The monoisotopic (exact) mass is 404 g/mol. The minimum atomic E-state index is -0.256. The normalized spacial score (nSPS) is 15.3. The van der Waals surface area contributed by atoms with Crippen LogP contribution in [0.4, 0.5) is 10.1 Å². The van der Waals surface area contributed by atoms with E-state index in [-0.39, 0.29) is 17.8 Å². The van der Waals surface area contributed by atoms with Crippen molar-refractivity contribution < 1.29 is 13.9 Å². The van der Waals surface area contributed by atoms with E-state index in [9.17, 15) is 9.18 Å². The number of halogens is 1. The number of anilines is 1. The van der Waals surface area contributed by atoms with Gasteiger partial charge in [-0.15, -0.1) is 0 Å². The Kier molecular flexibility index (Phi) is 5.98. The molecule has 1 amide bonds. The maximum atomic E-state index is 13.3. The first kappa shape index (κ1) is 20.0. The SMILES string of the molecule is Cc1ccc2c(c1)OCC(CC(=O)NCc1ccccc1)N2Cc1ccc(F)cc1. The lowest BCUT2D eigenvalue weighted by atomic mass is 10.0. The number of aryl methyl sites for hydroxylation is 1. The first-order valence-electron chi connectivity index (χ1n) is 10.1. The summed E-state index contributed by atoms with van der Waals surface area (Å²) in [5, 5.41) is 3.00. The highest BCUT2D eigenvalue weighted by Gasteiger charge is 2.29. The van der Waals surface area contributed by atoms with Crippen molar-refractivity contribution in [3.63, 3.8) is 0 Å². The number of amides is 1. The number of carbonyl (C=O) groups is 1. The van der Waals surface area contributed by atoms with Crippen molar-refractivity contribution >= 4 is 11.6 Å². The highest BCUT2D eigenvalue weighted by Crippen LogP contribution is 2.36. The Hall–Kier alpha value is -3.34. The van der Waals surface area contributed by atoms with E-state index in [1.165, 1.54) is 12.1 Å². The predicted molar refractivity (Wildman–Crippen MR) is 116 cm³/mol. The average Bonchev–Trinajstić information content (AvgIpc) is 2.76. The van der Waals surface area contributed by atoms with E-state index >= 15 is 0 Å². The van der Waals surface area contributed by atoms with E-state index in [0.717, 1.165) is 28.1 Å². The number of hydrogen-bond acceptors (Lipinski definition) is 3. The minimum Gasteiger partial charge on any atom is -0.489 e. The van der Waals surface area contributed by atoms with Crippen LogP contribution in [-0.2, 0) is 17.9 Å². The van der Waals surface area contributed by atoms with Gasteiger partial charge in [0, 0.05) is 13.1 Å².